The molecular weight excluding hydrogens is 320 g/mol. The summed E-state index contributed by atoms with van der Waals surface area (Å²) >= 11 is 1.22. The number of aryl methyl sites for hydroxylation is 1. The largest absolute Gasteiger partial charge is 0.492 e. The Hall–Kier alpha value is -2.75. The molecule has 0 unspecified atom stereocenters. The van der Waals surface area contributed by atoms with Gasteiger partial charge in [-0.2, -0.15) is 9.36 Å². The molecule has 0 spiro atoms. The van der Waals surface area contributed by atoms with Crippen molar-refractivity contribution in [2.24, 2.45) is 7.05 Å². The van der Waals surface area contributed by atoms with Crippen LogP contribution in [0.1, 0.15) is 13.9 Å². The molecular formula is C13H14N6O3S. The van der Waals surface area contributed by atoms with Crippen molar-refractivity contribution in [2.45, 2.75) is 13.5 Å². The molecule has 3 heterocycles. The maximum atomic E-state index is 12.1. The van der Waals surface area contributed by atoms with E-state index in [-0.39, 0.29) is 12.8 Å². The lowest BCUT2D eigenvalue weighted by molar-refractivity contribution is 0.284. The summed E-state index contributed by atoms with van der Waals surface area (Å²) in [6.07, 6.45) is 3.18. The van der Waals surface area contributed by atoms with Crippen LogP contribution in [0.15, 0.2) is 28.7 Å². The summed E-state index contributed by atoms with van der Waals surface area (Å²) in [5.41, 5.74) is 0.604. The molecule has 0 amide bonds. The van der Waals surface area contributed by atoms with Crippen molar-refractivity contribution in [1.82, 2.24) is 29.8 Å². The van der Waals surface area contributed by atoms with Gasteiger partial charge in [-0.25, -0.2) is 9.78 Å². The van der Waals surface area contributed by atoms with Crippen LogP contribution in [0.3, 0.4) is 0 Å². The summed E-state index contributed by atoms with van der Waals surface area (Å²) in [7, 11) is 1.51. The number of nitrogens with zero attached hydrogens (tertiary/aromatic N) is 6. The molecule has 0 aromatic carbocycles. The molecule has 0 bridgehead atoms. The van der Waals surface area contributed by atoms with Gasteiger partial charge in [-0.3, -0.25) is 4.98 Å². The minimum absolute atomic E-state index is 0.0865. The van der Waals surface area contributed by atoms with Gasteiger partial charge in [0.25, 0.3) is 5.19 Å². The Bertz CT molecular complexity index is 905. The first kappa shape index (κ1) is 13.9. The van der Waals surface area contributed by atoms with E-state index in [9.17, 15) is 4.79 Å². The van der Waals surface area contributed by atoms with Crippen LogP contribution in [0.25, 0.3) is 5.69 Å². The monoisotopic (exact) mass is 336 g/mol. The van der Waals surface area contributed by atoms with Crippen LogP contribution in [0.5, 0.6) is 10.9 Å². The number of ether oxygens (including phenoxy) is 2. The quantitative estimate of drug-likeness (QED) is 0.656. The Morgan fingerprint density at radius 3 is 2.87 bits per heavy atom. The molecule has 120 valence electrons. The summed E-state index contributed by atoms with van der Waals surface area (Å²) < 4.78 is 20.9. The summed E-state index contributed by atoms with van der Waals surface area (Å²) in [4.78, 5) is 20.1. The van der Waals surface area contributed by atoms with Crippen molar-refractivity contribution in [1.29, 1.82) is 0 Å². The molecule has 3 rings (SSSR count). The van der Waals surface area contributed by atoms with Gasteiger partial charge in [-0.1, -0.05) is 11.3 Å². The zero-order valence-corrected chi connectivity index (χ0v) is 13.3. The van der Waals surface area contributed by atoms with Crippen molar-refractivity contribution in [3.05, 3.63) is 40.0 Å². The second-order valence-electron chi connectivity index (χ2n) is 4.40. The fourth-order valence-corrected chi connectivity index (χ4v) is 2.35. The molecule has 0 aliphatic rings. The van der Waals surface area contributed by atoms with Gasteiger partial charge >= 0.3 is 5.69 Å². The Morgan fingerprint density at radius 1 is 1.35 bits per heavy atom. The molecule has 3 aromatic rings. The molecule has 0 saturated heterocycles. The maximum Gasteiger partial charge on any atom is 0.368 e. The lowest BCUT2D eigenvalue weighted by Gasteiger charge is -2.13. The summed E-state index contributed by atoms with van der Waals surface area (Å²) in [5, 5.41) is 9.46. The fourth-order valence-electron chi connectivity index (χ4n) is 1.91. The molecule has 0 fully saturated rings. The van der Waals surface area contributed by atoms with Gasteiger partial charge in [0.05, 0.1) is 25.9 Å². The van der Waals surface area contributed by atoms with E-state index in [4.69, 9.17) is 10.8 Å². The van der Waals surface area contributed by atoms with E-state index in [0.717, 1.165) is 9.36 Å². The van der Waals surface area contributed by atoms with E-state index in [1.807, 2.05) is 6.92 Å². The maximum absolute atomic E-state index is 12.1. The predicted octanol–water partition coefficient (Wildman–Crippen LogP) is 0.795. The molecule has 23 heavy (non-hydrogen) atoms. The van der Waals surface area contributed by atoms with E-state index in [1.54, 1.807) is 11.6 Å². The van der Waals surface area contributed by atoms with Crippen LogP contribution in [0, 0.1) is 0 Å². The van der Waals surface area contributed by atoms with Gasteiger partial charge in [-0.05, 0) is 17.4 Å². The van der Waals surface area contributed by atoms with Crippen molar-refractivity contribution in [3.63, 3.8) is 0 Å². The second-order valence-corrected chi connectivity index (χ2v) is 5.22. The first-order chi connectivity index (χ1) is 11.6. The first-order valence-corrected chi connectivity index (χ1v) is 7.62. The number of aromatic nitrogens is 6. The average molecular weight is 336 g/mol. The molecule has 0 radical (unpaired) electrons. The predicted molar refractivity (Wildman–Crippen MR) is 82.0 cm³/mol. The molecule has 0 aliphatic carbocycles. The molecule has 0 atom stereocenters. The Morgan fingerprint density at radius 2 is 2.22 bits per heavy atom. The first-order valence-electron chi connectivity index (χ1n) is 7.24. The Balaban J connectivity index is 2.00. The van der Waals surface area contributed by atoms with Gasteiger partial charge in [0.2, 0.25) is 0 Å². The summed E-state index contributed by atoms with van der Waals surface area (Å²) in [6.45, 7) is 2.36. The van der Waals surface area contributed by atoms with Gasteiger partial charge in [0.1, 0.15) is 18.0 Å². The summed E-state index contributed by atoms with van der Waals surface area (Å²) in [5.74, 6) is 0.482. The van der Waals surface area contributed by atoms with Crippen molar-refractivity contribution in [3.8, 4) is 16.6 Å². The third-order valence-corrected chi connectivity index (χ3v) is 3.59. The van der Waals surface area contributed by atoms with E-state index >= 15 is 0 Å². The van der Waals surface area contributed by atoms with E-state index < -0.39 is 5.69 Å². The summed E-state index contributed by atoms with van der Waals surface area (Å²) in [6, 6.07) is 0. The van der Waals surface area contributed by atoms with Gasteiger partial charge in [0, 0.05) is 18.6 Å². The van der Waals surface area contributed by atoms with Gasteiger partial charge < -0.3 is 9.47 Å². The van der Waals surface area contributed by atoms with E-state index in [2.05, 4.69) is 20.4 Å². The van der Waals surface area contributed by atoms with Crippen molar-refractivity contribution < 1.29 is 10.8 Å². The average Bonchev–Trinajstić information content (AvgIpc) is 3.13. The van der Waals surface area contributed by atoms with Crippen molar-refractivity contribution >= 4 is 11.3 Å². The highest BCUT2D eigenvalue weighted by Gasteiger charge is 2.17. The minimum Gasteiger partial charge on any atom is -0.492 e. The number of rotatable bonds is 6. The molecule has 10 heteroatoms. The number of hydrogen-bond acceptors (Lipinski definition) is 8. The SMILES string of the molecule is [3H]c1csc(OCc2c(OCC)cncc2-n2nnn(C)c2=O)n1. The third kappa shape index (κ3) is 3.06. The van der Waals surface area contributed by atoms with Crippen LogP contribution in [0.2, 0.25) is 0 Å². The van der Waals surface area contributed by atoms with Crippen LogP contribution in [0.4, 0.5) is 0 Å². The Kier molecular flexibility index (Phi) is 3.96. The van der Waals surface area contributed by atoms with Crippen LogP contribution >= 0.6 is 11.3 Å². The second kappa shape index (κ2) is 6.57. The van der Waals surface area contributed by atoms with Gasteiger partial charge in [-0.15, -0.1) is 0 Å². The highest BCUT2D eigenvalue weighted by Crippen LogP contribution is 2.25. The van der Waals surface area contributed by atoms with Crippen LogP contribution < -0.4 is 15.2 Å². The fraction of sp³-hybridized carbons (Fsp3) is 0.308. The lowest BCUT2D eigenvalue weighted by atomic mass is 10.2. The highest BCUT2D eigenvalue weighted by molar-refractivity contribution is 7.11. The highest BCUT2D eigenvalue weighted by atomic mass is 32.1. The lowest BCUT2D eigenvalue weighted by Crippen LogP contribution is -2.23. The van der Waals surface area contributed by atoms with E-state index in [0.29, 0.717) is 28.8 Å². The normalized spacial score (nSPS) is 11.3. The zero-order valence-electron chi connectivity index (χ0n) is 13.5. The zero-order chi connectivity index (χ0) is 17.1. The van der Waals surface area contributed by atoms with Crippen LogP contribution in [-0.2, 0) is 13.7 Å². The van der Waals surface area contributed by atoms with Gasteiger partial charge in [0.15, 0.2) is 0 Å². The molecule has 0 aliphatic heterocycles. The molecule has 0 N–H and O–H groups in total. The number of pyridine rings is 1. The van der Waals surface area contributed by atoms with E-state index in [1.165, 1.54) is 24.6 Å². The third-order valence-electron chi connectivity index (χ3n) is 2.95. The molecule has 3 aromatic heterocycles. The molecule has 0 saturated carbocycles. The van der Waals surface area contributed by atoms with Crippen LogP contribution in [-0.4, -0.2) is 36.4 Å². The number of hydrogen-bond donors (Lipinski definition) is 0. The number of thiazole rings is 1. The standard InChI is InChI=1S/C13H14N6O3S/c1-3-21-11-7-14-6-10(19-13(20)18(2)16-17-19)9(11)8-22-12-15-4-5-23-12/h4-7H,3,8H2,1-2H3/i4T. The number of tetrazole rings is 1. The molecule has 9 nitrogen and oxygen atoms in total. The smallest absolute Gasteiger partial charge is 0.368 e. The minimum atomic E-state index is -0.408. The topological polar surface area (TPSA) is 97.0 Å². The Labute approximate surface area is 136 Å². The van der Waals surface area contributed by atoms with Crippen molar-refractivity contribution in [2.75, 3.05) is 6.61 Å².